The molecule has 1 heterocycles. The van der Waals surface area contributed by atoms with Gasteiger partial charge < -0.3 is 9.15 Å². The lowest BCUT2D eigenvalue weighted by atomic mass is 9.95. The van der Waals surface area contributed by atoms with E-state index in [4.69, 9.17) is 9.15 Å². The van der Waals surface area contributed by atoms with Crippen molar-refractivity contribution in [1.82, 2.24) is 0 Å². The summed E-state index contributed by atoms with van der Waals surface area (Å²) in [5, 5.41) is 0.803. The van der Waals surface area contributed by atoms with Gasteiger partial charge in [0.25, 0.3) is 0 Å². The molecule has 0 aliphatic carbocycles. The molecule has 0 N–H and O–H groups in total. The fourth-order valence-corrected chi connectivity index (χ4v) is 3.45. The fraction of sp³-hybridized carbons (Fsp3) is 0.304. The molecule has 0 radical (unpaired) electrons. The highest BCUT2D eigenvalue weighted by Gasteiger charge is 2.14. The molecule has 0 atom stereocenters. The van der Waals surface area contributed by atoms with Crippen molar-refractivity contribution in [2.45, 2.75) is 47.1 Å². The Bertz CT molecular complexity index is 1050. The Labute approximate surface area is 158 Å². The molecule has 3 aromatic rings. The van der Waals surface area contributed by atoms with Gasteiger partial charge in [-0.1, -0.05) is 31.0 Å². The van der Waals surface area contributed by atoms with Crippen LogP contribution in [-0.4, -0.2) is 5.97 Å². The van der Waals surface area contributed by atoms with Gasteiger partial charge in [-0.05, 0) is 62.1 Å². The van der Waals surface area contributed by atoms with Crippen molar-refractivity contribution in [3.8, 4) is 0 Å². The van der Waals surface area contributed by atoms with E-state index in [1.165, 1.54) is 11.6 Å². The van der Waals surface area contributed by atoms with Crippen LogP contribution in [0.1, 0.15) is 57.9 Å². The highest BCUT2D eigenvalue weighted by atomic mass is 16.5. The normalized spacial score (nSPS) is 11.2. The smallest absolute Gasteiger partial charge is 0.338 e. The highest BCUT2D eigenvalue weighted by Crippen LogP contribution is 2.27. The van der Waals surface area contributed by atoms with Crippen LogP contribution in [0, 0.1) is 20.8 Å². The molecule has 3 rings (SSSR count). The third-order valence-corrected chi connectivity index (χ3v) is 4.65. The van der Waals surface area contributed by atoms with E-state index in [1.54, 1.807) is 12.1 Å². The maximum Gasteiger partial charge on any atom is 0.338 e. The molecule has 2 aromatic carbocycles. The third kappa shape index (κ3) is 4.11. The van der Waals surface area contributed by atoms with Gasteiger partial charge in [0, 0.05) is 17.0 Å². The van der Waals surface area contributed by atoms with Gasteiger partial charge >= 0.3 is 11.6 Å². The SMILES string of the molecule is Cc1cc(C)cc(C(=O)OCc2cc(=O)oc3cc(C)c(C(C)C)cc23)c1. The minimum absolute atomic E-state index is 0.0223. The van der Waals surface area contributed by atoms with Crippen LogP contribution in [0.2, 0.25) is 0 Å². The Morgan fingerprint density at radius 1 is 1.00 bits per heavy atom. The number of carbonyl (C=O) groups excluding carboxylic acids is 1. The summed E-state index contributed by atoms with van der Waals surface area (Å²) in [6.07, 6.45) is 0. The maximum atomic E-state index is 12.4. The number of esters is 1. The summed E-state index contributed by atoms with van der Waals surface area (Å²) in [6, 6.07) is 10.9. The van der Waals surface area contributed by atoms with Crippen molar-refractivity contribution >= 4 is 16.9 Å². The van der Waals surface area contributed by atoms with Crippen LogP contribution in [-0.2, 0) is 11.3 Å². The lowest BCUT2D eigenvalue weighted by Crippen LogP contribution is -2.09. The molecule has 0 aliphatic heterocycles. The Hall–Kier alpha value is -2.88. The number of fused-ring (bicyclic) bond motifs is 1. The molecule has 0 saturated carbocycles. The van der Waals surface area contributed by atoms with Gasteiger partial charge in [0.2, 0.25) is 0 Å². The van der Waals surface area contributed by atoms with Gasteiger partial charge in [-0.2, -0.15) is 0 Å². The van der Waals surface area contributed by atoms with Crippen LogP contribution in [0.3, 0.4) is 0 Å². The zero-order chi connectivity index (χ0) is 19.7. The first-order valence-electron chi connectivity index (χ1n) is 9.07. The molecule has 4 nitrogen and oxygen atoms in total. The Morgan fingerprint density at radius 2 is 1.67 bits per heavy atom. The first kappa shape index (κ1) is 18.9. The second-order valence-electron chi connectivity index (χ2n) is 7.40. The van der Waals surface area contributed by atoms with E-state index < -0.39 is 11.6 Å². The van der Waals surface area contributed by atoms with Crippen molar-refractivity contribution in [2.24, 2.45) is 0 Å². The average Bonchev–Trinajstić information content (AvgIpc) is 2.57. The number of ether oxygens (including phenoxy) is 1. The van der Waals surface area contributed by atoms with Gasteiger partial charge in [-0.3, -0.25) is 0 Å². The molecule has 0 spiro atoms. The lowest BCUT2D eigenvalue weighted by molar-refractivity contribution is 0.0473. The van der Waals surface area contributed by atoms with Crippen molar-refractivity contribution in [1.29, 1.82) is 0 Å². The van der Waals surface area contributed by atoms with E-state index in [1.807, 2.05) is 39.0 Å². The van der Waals surface area contributed by atoms with Crippen LogP contribution < -0.4 is 5.63 Å². The van der Waals surface area contributed by atoms with Crippen molar-refractivity contribution in [3.05, 3.63) is 80.2 Å². The number of benzene rings is 2. The van der Waals surface area contributed by atoms with E-state index in [9.17, 15) is 9.59 Å². The second-order valence-corrected chi connectivity index (χ2v) is 7.40. The molecule has 0 aliphatic rings. The molecule has 0 saturated heterocycles. The van der Waals surface area contributed by atoms with Gasteiger partial charge in [-0.25, -0.2) is 9.59 Å². The molecule has 140 valence electrons. The maximum absolute atomic E-state index is 12.4. The number of rotatable bonds is 4. The predicted molar refractivity (Wildman–Crippen MR) is 106 cm³/mol. The topological polar surface area (TPSA) is 56.5 Å². The number of carbonyl (C=O) groups is 1. The summed E-state index contributed by atoms with van der Waals surface area (Å²) >= 11 is 0. The monoisotopic (exact) mass is 364 g/mol. The van der Waals surface area contributed by atoms with Crippen LogP contribution in [0.5, 0.6) is 0 Å². The van der Waals surface area contributed by atoms with E-state index in [0.29, 0.717) is 22.6 Å². The van der Waals surface area contributed by atoms with Crippen LogP contribution in [0.25, 0.3) is 11.0 Å². The van der Waals surface area contributed by atoms with Crippen LogP contribution in [0.4, 0.5) is 0 Å². The van der Waals surface area contributed by atoms with Crippen LogP contribution >= 0.6 is 0 Å². The molecular weight excluding hydrogens is 340 g/mol. The standard InChI is InChI=1S/C23H24O4/c1-13(2)19-11-20-18(10-22(24)27-21(20)9-16(19)5)12-26-23(25)17-7-14(3)6-15(4)8-17/h6-11,13H,12H2,1-5H3. The van der Waals surface area contributed by atoms with Crippen molar-refractivity contribution in [2.75, 3.05) is 0 Å². The lowest BCUT2D eigenvalue weighted by Gasteiger charge is -2.13. The summed E-state index contributed by atoms with van der Waals surface area (Å²) in [5.41, 5.74) is 5.50. The molecule has 27 heavy (non-hydrogen) atoms. The summed E-state index contributed by atoms with van der Waals surface area (Å²) in [6.45, 7) is 10.1. The van der Waals surface area contributed by atoms with Gasteiger partial charge in [-0.15, -0.1) is 0 Å². The van der Waals surface area contributed by atoms with E-state index >= 15 is 0 Å². The zero-order valence-corrected chi connectivity index (χ0v) is 16.4. The predicted octanol–water partition coefficient (Wildman–Crippen LogP) is 5.20. The van der Waals surface area contributed by atoms with E-state index in [2.05, 4.69) is 13.8 Å². The number of hydrogen-bond donors (Lipinski definition) is 0. The van der Waals surface area contributed by atoms with E-state index in [0.717, 1.165) is 22.1 Å². The quantitative estimate of drug-likeness (QED) is 0.472. The third-order valence-electron chi connectivity index (χ3n) is 4.65. The number of aryl methyl sites for hydroxylation is 3. The molecule has 0 bridgehead atoms. The Balaban J connectivity index is 1.95. The number of hydrogen-bond acceptors (Lipinski definition) is 4. The highest BCUT2D eigenvalue weighted by molar-refractivity contribution is 5.90. The van der Waals surface area contributed by atoms with Gasteiger partial charge in [0.1, 0.15) is 12.2 Å². The summed E-state index contributed by atoms with van der Waals surface area (Å²) in [7, 11) is 0. The van der Waals surface area contributed by atoms with Gasteiger partial charge in [0.15, 0.2) is 0 Å². The summed E-state index contributed by atoms with van der Waals surface area (Å²) in [4.78, 5) is 24.4. The van der Waals surface area contributed by atoms with E-state index in [-0.39, 0.29) is 6.61 Å². The molecule has 0 fully saturated rings. The molecule has 4 heteroatoms. The van der Waals surface area contributed by atoms with Crippen LogP contribution in [0.15, 0.2) is 45.6 Å². The first-order valence-corrected chi connectivity index (χ1v) is 9.07. The Morgan fingerprint density at radius 3 is 2.30 bits per heavy atom. The minimum Gasteiger partial charge on any atom is -0.457 e. The molecule has 0 amide bonds. The second kappa shape index (κ2) is 7.39. The van der Waals surface area contributed by atoms with Crippen molar-refractivity contribution < 1.29 is 13.9 Å². The average molecular weight is 364 g/mol. The fourth-order valence-electron chi connectivity index (χ4n) is 3.45. The first-order chi connectivity index (χ1) is 12.7. The molecular formula is C23H24O4. The van der Waals surface area contributed by atoms with Crippen molar-refractivity contribution in [3.63, 3.8) is 0 Å². The largest absolute Gasteiger partial charge is 0.457 e. The molecule has 0 unspecified atom stereocenters. The Kier molecular flexibility index (Phi) is 5.17. The summed E-state index contributed by atoms with van der Waals surface area (Å²) < 4.78 is 10.8. The van der Waals surface area contributed by atoms with Gasteiger partial charge in [0.05, 0.1) is 5.56 Å². The zero-order valence-electron chi connectivity index (χ0n) is 16.4. The minimum atomic E-state index is -0.448. The summed E-state index contributed by atoms with van der Waals surface area (Å²) in [5.74, 6) is -0.0635. The molecule has 1 aromatic heterocycles.